The molecule has 0 unspecified atom stereocenters. The third-order valence-corrected chi connectivity index (χ3v) is 5.87. The van der Waals surface area contributed by atoms with Gasteiger partial charge in [0.1, 0.15) is 11.8 Å². The molecule has 0 spiro atoms. The average molecular weight is 484 g/mol. The highest BCUT2D eigenvalue weighted by atomic mass is 16.5. The molecular weight excluding hydrogens is 454 g/mol. The molecular formula is C28H29N5O3. The van der Waals surface area contributed by atoms with Crippen LogP contribution in [0, 0.1) is 6.92 Å². The third kappa shape index (κ3) is 6.15. The number of hydrogen-bond acceptors (Lipinski definition) is 5. The van der Waals surface area contributed by atoms with Crippen LogP contribution < -0.4 is 15.0 Å². The van der Waals surface area contributed by atoms with E-state index in [9.17, 15) is 9.59 Å². The summed E-state index contributed by atoms with van der Waals surface area (Å²) in [7, 11) is 3.28. The largest absolute Gasteiger partial charge is 0.497 e. The predicted molar refractivity (Wildman–Crippen MR) is 138 cm³/mol. The number of methoxy groups -OCH3 is 1. The fraction of sp³-hybridized carbons (Fsp3) is 0.214. The van der Waals surface area contributed by atoms with Crippen molar-refractivity contribution in [3.8, 4) is 5.75 Å². The van der Waals surface area contributed by atoms with Crippen molar-refractivity contribution in [3.05, 3.63) is 107 Å². The fourth-order valence-electron chi connectivity index (χ4n) is 3.93. The van der Waals surface area contributed by atoms with Crippen LogP contribution in [0.15, 0.2) is 85.1 Å². The summed E-state index contributed by atoms with van der Waals surface area (Å²) in [6, 6.07) is 24.0. The molecule has 8 heteroatoms. The van der Waals surface area contributed by atoms with E-state index >= 15 is 0 Å². The maximum atomic E-state index is 13.5. The van der Waals surface area contributed by atoms with Gasteiger partial charge in [-0.25, -0.2) is 4.68 Å². The molecule has 2 amide bonds. The Labute approximate surface area is 210 Å². The van der Waals surface area contributed by atoms with E-state index in [1.165, 1.54) is 4.90 Å². The summed E-state index contributed by atoms with van der Waals surface area (Å²) >= 11 is 0. The Kier molecular flexibility index (Phi) is 7.75. The van der Waals surface area contributed by atoms with Crippen LogP contribution in [0.1, 0.15) is 27.2 Å². The van der Waals surface area contributed by atoms with Crippen LogP contribution in [0.3, 0.4) is 0 Å². The Morgan fingerprint density at radius 1 is 1.00 bits per heavy atom. The van der Waals surface area contributed by atoms with Gasteiger partial charge >= 0.3 is 0 Å². The molecule has 1 heterocycles. The summed E-state index contributed by atoms with van der Waals surface area (Å²) < 4.78 is 6.82. The normalized spacial score (nSPS) is 11.5. The maximum absolute atomic E-state index is 13.5. The number of amides is 2. The lowest BCUT2D eigenvalue weighted by Gasteiger charge is -2.25. The van der Waals surface area contributed by atoms with Crippen molar-refractivity contribution in [1.29, 1.82) is 0 Å². The number of likely N-dealkylation sites (N-methyl/N-ethyl adjacent to an activating group) is 1. The van der Waals surface area contributed by atoms with Gasteiger partial charge in [0.05, 0.1) is 19.9 Å². The van der Waals surface area contributed by atoms with E-state index in [1.54, 1.807) is 49.3 Å². The Balaban J connectivity index is 1.51. The van der Waals surface area contributed by atoms with Crippen LogP contribution in [0.2, 0.25) is 0 Å². The second-order valence-corrected chi connectivity index (χ2v) is 8.60. The highest BCUT2D eigenvalue weighted by Crippen LogP contribution is 2.19. The molecule has 1 N–H and O–H groups in total. The van der Waals surface area contributed by atoms with E-state index in [1.807, 2.05) is 55.5 Å². The molecule has 1 atom stereocenters. The van der Waals surface area contributed by atoms with Crippen LogP contribution >= 0.6 is 0 Å². The summed E-state index contributed by atoms with van der Waals surface area (Å²) in [5.74, 6) is -0.00471. The van der Waals surface area contributed by atoms with Crippen molar-refractivity contribution < 1.29 is 14.3 Å². The van der Waals surface area contributed by atoms with Crippen LogP contribution in [0.25, 0.3) is 0 Å². The van der Waals surface area contributed by atoms with Gasteiger partial charge < -0.3 is 15.0 Å². The lowest BCUT2D eigenvalue weighted by molar-refractivity contribution is -0.120. The number of hydrogen-bond donors (Lipinski definition) is 1. The van der Waals surface area contributed by atoms with Crippen molar-refractivity contribution >= 4 is 17.5 Å². The van der Waals surface area contributed by atoms with Gasteiger partial charge in [-0.3, -0.25) is 9.59 Å². The molecule has 0 aliphatic heterocycles. The number of carbonyl (C=O) groups is 2. The molecule has 8 nitrogen and oxygen atoms in total. The monoisotopic (exact) mass is 483 g/mol. The first-order chi connectivity index (χ1) is 17.4. The number of aryl methyl sites for hydroxylation is 1. The molecule has 0 saturated heterocycles. The maximum Gasteiger partial charge on any atom is 0.274 e. The quantitative estimate of drug-likeness (QED) is 0.393. The van der Waals surface area contributed by atoms with Crippen molar-refractivity contribution in [2.24, 2.45) is 0 Å². The molecule has 184 valence electrons. The van der Waals surface area contributed by atoms with Gasteiger partial charge in [-0.2, -0.15) is 0 Å². The molecule has 4 rings (SSSR count). The first-order valence-electron chi connectivity index (χ1n) is 11.6. The summed E-state index contributed by atoms with van der Waals surface area (Å²) in [6.45, 7) is 2.52. The Morgan fingerprint density at radius 3 is 2.42 bits per heavy atom. The summed E-state index contributed by atoms with van der Waals surface area (Å²) in [5, 5.41) is 11.0. The number of nitrogens with zero attached hydrogens (tertiary/aromatic N) is 4. The minimum atomic E-state index is -0.797. The Bertz CT molecular complexity index is 1320. The molecule has 0 fully saturated rings. The third-order valence-electron chi connectivity index (χ3n) is 5.87. The standard InChI is InChI=1S/C28H29N5O3/c1-20-8-7-11-22(16-20)18-33-19-26(30-31-33)27(34)29-25(17-21-9-5-4-6-10-21)28(35)32(2)23-12-14-24(36-3)15-13-23/h4-16,19,25H,17-18H2,1-3H3,(H,29,34)/t25-/m0/s1. The van der Waals surface area contributed by atoms with Crippen molar-refractivity contribution in [1.82, 2.24) is 20.3 Å². The zero-order chi connectivity index (χ0) is 25.5. The van der Waals surface area contributed by atoms with Crippen LogP contribution in [0.5, 0.6) is 5.75 Å². The van der Waals surface area contributed by atoms with Crippen LogP contribution in [-0.4, -0.2) is 47.0 Å². The zero-order valence-electron chi connectivity index (χ0n) is 20.6. The second kappa shape index (κ2) is 11.3. The van der Waals surface area contributed by atoms with E-state index in [0.29, 0.717) is 24.4 Å². The van der Waals surface area contributed by atoms with E-state index in [2.05, 4.69) is 21.7 Å². The first-order valence-corrected chi connectivity index (χ1v) is 11.6. The number of nitrogens with one attached hydrogen (secondary N) is 1. The molecule has 0 bridgehead atoms. The van der Waals surface area contributed by atoms with Gasteiger partial charge in [0.25, 0.3) is 5.91 Å². The zero-order valence-corrected chi connectivity index (χ0v) is 20.6. The molecule has 4 aromatic rings. The van der Waals surface area contributed by atoms with Crippen LogP contribution in [0.4, 0.5) is 5.69 Å². The highest BCUT2D eigenvalue weighted by Gasteiger charge is 2.27. The first kappa shape index (κ1) is 24.7. The molecule has 0 saturated carbocycles. The number of benzene rings is 3. The topological polar surface area (TPSA) is 89.4 Å². The molecule has 0 aliphatic carbocycles. The lowest BCUT2D eigenvalue weighted by atomic mass is 10.0. The SMILES string of the molecule is COc1ccc(N(C)C(=O)[C@H](Cc2ccccc2)NC(=O)c2cn(Cc3cccc(C)c3)nn2)cc1. The molecule has 3 aromatic carbocycles. The van der Waals surface area contributed by atoms with Gasteiger partial charge in [0, 0.05) is 19.2 Å². The Morgan fingerprint density at radius 2 is 1.72 bits per heavy atom. The number of anilines is 1. The summed E-state index contributed by atoms with van der Waals surface area (Å²) in [4.78, 5) is 28.1. The lowest BCUT2D eigenvalue weighted by Crippen LogP contribution is -2.48. The van der Waals surface area contributed by atoms with Gasteiger partial charge in [0.2, 0.25) is 5.91 Å². The average Bonchev–Trinajstić information content (AvgIpc) is 3.36. The van der Waals surface area contributed by atoms with Crippen molar-refractivity contribution in [2.45, 2.75) is 25.9 Å². The van der Waals surface area contributed by atoms with Gasteiger partial charge in [-0.15, -0.1) is 5.10 Å². The second-order valence-electron chi connectivity index (χ2n) is 8.60. The van der Waals surface area contributed by atoms with Crippen molar-refractivity contribution in [3.63, 3.8) is 0 Å². The minimum Gasteiger partial charge on any atom is -0.497 e. The number of carbonyl (C=O) groups excluding carboxylic acids is 2. The fourth-order valence-corrected chi connectivity index (χ4v) is 3.93. The Hall–Kier alpha value is -4.46. The number of rotatable bonds is 9. The highest BCUT2D eigenvalue weighted by molar-refractivity contribution is 6.01. The van der Waals surface area contributed by atoms with E-state index in [4.69, 9.17) is 4.74 Å². The molecule has 0 aliphatic rings. The van der Waals surface area contributed by atoms with E-state index < -0.39 is 11.9 Å². The molecule has 36 heavy (non-hydrogen) atoms. The molecule has 1 aromatic heterocycles. The van der Waals surface area contributed by atoms with Crippen molar-refractivity contribution in [2.75, 3.05) is 19.1 Å². The predicted octanol–water partition coefficient (Wildman–Crippen LogP) is 3.65. The van der Waals surface area contributed by atoms with Gasteiger partial charge in [-0.1, -0.05) is 65.4 Å². The number of ether oxygens (including phenoxy) is 1. The minimum absolute atomic E-state index is 0.153. The number of aromatic nitrogens is 3. The van der Waals surface area contributed by atoms with E-state index in [-0.39, 0.29) is 11.6 Å². The van der Waals surface area contributed by atoms with Gasteiger partial charge in [-0.05, 0) is 42.3 Å². The summed E-state index contributed by atoms with van der Waals surface area (Å²) in [6.07, 6.45) is 1.93. The van der Waals surface area contributed by atoms with Gasteiger partial charge in [0.15, 0.2) is 5.69 Å². The van der Waals surface area contributed by atoms with E-state index in [0.717, 1.165) is 16.7 Å². The van der Waals surface area contributed by atoms with Crippen LogP contribution in [-0.2, 0) is 17.8 Å². The smallest absolute Gasteiger partial charge is 0.274 e. The molecule has 0 radical (unpaired) electrons. The summed E-state index contributed by atoms with van der Waals surface area (Å²) in [5.41, 5.74) is 3.99.